The zero-order chi connectivity index (χ0) is 16.3. The molecule has 1 amide bonds. The molecule has 1 aliphatic rings. The van der Waals surface area contributed by atoms with Crippen molar-refractivity contribution in [1.29, 1.82) is 0 Å². The molecule has 0 spiro atoms. The highest BCUT2D eigenvalue weighted by Gasteiger charge is 2.26. The lowest BCUT2D eigenvalue weighted by atomic mass is 9.86. The van der Waals surface area contributed by atoms with Crippen molar-refractivity contribution in [1.82, 2.24) is 9.88 Å². The van der Waals surface area contributed by atoms with Crippen LogP contribution in [0.15, 0.2) is 16.9 Å². The molecular formula is C15H20N2O5. The number of carboxylic acid groups (broad SMARTS) is 1. The lowest BCUT2D eigenvalue weighted by Crippen LogP contribution is -2.41. The average molecular weight is 308 g/mol. The van der Waals surface area contributed by atoms with Crippen molar-refractivity contribution in [3.05, 3.63) is 28.2 Å². The Morgan fingerprint density at radius 2 is 1.91 bits per heavy atom. The molecule has 22 heavy (non-hydrogen) atoms. The maximum atomic E-state index is 12.0. The molecule has 7 nitrogen and oxygen atoms in total. The van der Waals surface area contributed by atoms with Gasteiger partial charge in [-0.2, -0.15) is 0 Å². The van der Waals surface area contributed by atoms with Gasteiger partial charge in [0, 0.05) is 17.8 Å². The molecule has 120 valence electrons. The molecule has 0 bridgehead atoms. The third-order valence-electron chi connectivity index (χ3n) is 4.06. The lowest BCUT2D eigenvalue weighted by Gasteiger charge is -2.27. The Morgan fingerprint density at radius 1 is 1.27 bits per heavy atom. The van der Waals surface area contributed by atoms with Gasteiger partial charge in [0.15, 0.2) is 0 Å². The SMILES string of the molecule is Cc1cc(O)cc(=O)n1CC(=O)NC1CCC(C(=O)O)CC1. The number of aliphatic carboxylic acids is 1. The first-order chi connectivity index (χ1) is 10.4. The van der Waals surface area contributed by atoms with Gasteiger partial charge >= 0.3 is 5.97 Å². The summed E-state index contributed by atoms with van der Waals surface area (Å²) in [6.45, 7) is 1.54. The minimum atomic E-state index is -0.781. The summed E-state index contributed by atoms with van der Waals surface area (Å²) in [5.41, 5.74) is 0.0805. The zero-order valence-electron chi connectivity index (χ0n) is 12.4. The third kappa shape index (κ3) is 3.87. The van der Waals surface area contributed by atoms with Crippen LogP contribution in [-0.2, 0) is 16.1 Å². The summed E-state index contributed by atoms with van der Waals surface area (Å²) >= 11 is 0. The number of rotatable bonds is 4. The normalized spacial score (nSPS) is 21.3. The summed E-state index contributed by atoms with van der Waals surface area (Å²) in [5.74, 6) is -1.51. The number of aromatic nitrogens is 1. The molecule has 0 aromatic carbocycles. The van der Waals surface area contributed by atoms with Gasteiger partial charge in [0.2, 0.25) is 5.91 Å². The highest BCUT2D eigenvalue weighted by molar-refractivity contribution is 5.76. The van der Waals surface area contributed by atoms with Crippen molar-refractivity contribution >= 4 is 11.9 Å². The van der Waals surface area contributed by atoms with Crippen LogP contribution in [0, 0.1) is 12.8 Å². The Balaban J connectivity index is 1.92. The molecule has 7 heteroatoms. The molecule has 2 rings (SSSR count). The van der Waals surface area contributed by atoms with E-state index in [4.69, 9.17) is 5.11 Å². The van der Waals surface area contributed by atoms with Gasteiger partial charge in [-0.3, -0.25) is 14.4 Å². The number of hydrogen-bond acceptors (Lipinski definition) is 4. The molecule has 0 saturated heterocycles. The monoisotopic (exact) mass is 308 g/mol. The molecule has 1 aliphatic carbocycles. The maximum Gasteiger partial charge on any atom is 0.306 e. The minimum absolute atomic E-state index is 0.0452. The van der Waals surface area contributed by atoms with Crippen LogP contribution in [0.25, 0.3) is 0 Å². The largest absolute Gasteiger partial charge is 0.508 e. The second-order valence-corrected chi connectivity index (χ2v) is 5.73. The molecule has 1 heterocycles. The smallest absolute Gasteiger partial charge is 0.306 e. The van der Waals surface area contributed by atoms with Crippen LogP contribution in [0.2, 0.25) is 0 Å². The molecule has 0 atom stereocenters. The lowest BCUT2D eigenvalue weighted by molar-refractivity contribution is -0.142. The van der Waals surface area contributed by atoms with E-state index in [2.05, 4.69) is 5.32 Å². The number of hydrogen-bond donors (Lipinski definition) is 3. The standard InChI is InChI=1S/C15H20N2O5/c1-9-6-12(18)7-14(20)17(9)8-13(19)16-11-4-2-10(3-5-11)15(21)22/h6-7,10-11,18H,2-5,8H2,1H3,(H,16,19)(H,21,22). The fourth-order valence-electron chi connectivity index (χ4n) is 2.82. The molecule has 0 aliphatic heterocycles. The maximum absolute atomic E-state index is 12.0. The van der Waals surface area contributed by atoms with E-state index in [0.29, 0.717) is 31.4 Å². The van der Waals surface area contributed by atoms with Crippen molar-refractivity contribution in [2.45, 2.75) is 45.2 Å². The van der Waals surface area contributed by atoms with E-state index in [-0.39, 0.29) is 30.2 Å². The summed E-state index contributed by atoms with van der Waals surface area (Å²) in [5, 5.41) is 21.1. The van der Waals surface area contributed by atoms with Crippen molar-refractivity contribution in [3.8, 4) is 5.75 Å². The molecule has 0 unspecified atom stereocenters. The first-order valence-corrected chi connectivity index (χ1v) is 7.29. The van der Waals surface area contributed by atoms with Gasteiger partial charge in [-0.05, 0) is 38.7 Å². The Labute approximate surface area is 127 Å². The van der Waals surface area contributed by atoms with Crippen molar-refractivity contribution < 1.29 is 19.8 Å². The van der Waals surface area contributed by atoms with E-state index in [1.165, 1.54) is 10.6 Å². The molecule has 3 N–H and O–H groups in total. The summed E-state index contributed by atoms with van der Waals surface area (Å²) in [6.07, 6.45) is 2.37. The Morgan fingerprint density at radius 3 is 2.45 bits per heavy atom. The minimum Gasteiger partial charge on any atom is -0.508 e. The van der Waals surface area contributed by atoms with Crippen molar-refractivity contribution in [3.63, 3.8) is 0 Å². The number of nitrogens with zero attached hydrogens (tertiary/aromatic N) is 1. The van der Waals surface area contributed by atoms with Crippen LogP contribution in [0.5, 0.6) is 5.75 Å². The third-order valence-corrected chi connectivity index (χ3v) is 4.06. The molecule has 1 saturated carbocycles. The Bertz CT molecular complexity index is 629. The number of aromatic hydroxyl groups is 1. The molecule has 1 fully saturated rings. The van der Waals surface area contributed by atoms with Crippen LogP contribution >= 0.6 is 0 Å². The number of amides is 1. The topological polar surface area (TPSA) is 109 Å². The molecule has 0 radical (unpaired) electrons. The van der Waals surface area contributed by atoms with Crippen LogP contribution < -0.4 is 10.9 Å². The number of nitrogens with one attached hydrogen (secondary N) is 1. The molecule has 1 aromatic rings. The van der Waals surface area contributed by atoms with Gasteiger partial charge < -0.3 is 20.1 Å². The highest BCUT2D eigenvalue weighted by Crippen LogP contribution is 2.24. The van der Waals surface area contributed by atoms with E-state index in [1.807, 2.05) is 0 Å². The number of pyridine rings is 1. The van der Waals surface area contributed by atoms with Crippen LogP contribution in [0.3, 0.4) is 0 Å². The van der Waals surface area contributed by atoms with E-state index in [1.54, 1.807) is 6.92 Å². The van der Waals surface area contributed by atoms with E-state index < -0.39 is 11.5 Å². The first kappa shape index (κ1) is 16.1. The average Bonchev–Trinajstić information content (AvgIpc) is 2.43. The van der Waals surface area contributed by atoms with Gasteiger partial charge in [-0.15, -0.1) is 0 Å². The van der Waals surface area contributed by atoms with Gasteiger partial charge in [0.05, 0.1) is 5.92 Å². The number of carbonyl (C=O) groups excluding carboxylic acids is 1. The molecule has 1 aromatic heterocycles. The quantitative estimate of drug-likeness (QED) is 0.755. The van der Waals surface area contributed by atoms with E-state index in [0.717, 1.165) is 6.07 Å². The van der Waals surface area contributed by atoms with Crippen molar-refractivity contribution in [2.75, 3.05) is 0 Å². The fraction of sp³-hybridized carbons (Fsp3) is 0.533. The predicted molar refractivity (Wildman–Crippen MR) is 78.6 cm³/mol. The van der Waals surface area contributed by atoms with Crippen LogP contribution in [0.1, 0.15) is 31.4 Å². The second-order valence-electron chi connectivity index (χ2n) is 5.73. The van der Waals surface area contributed by atoms with Crippen LogP contribution in [0.4, 0.5) is 0 Å². The summed E-state index contributed by atoms with van der Waals surface area (Å²) < 4.78 is 1.29. The summed E-state index contributed by atoms with van der Waals surface area (Å²) in [6, 6.07) is 2.45. The van der Waals surface area contributed by atoms with E-state index in [9.17, 15) is 19.5 Å². The van der Waals surface area contributed by atoms with Gasteiger partial charge in [0.25, 0.3) is 5.56 Å². The number of carboxylic acids is 1. The second kappa shape index (κ2) is 6.64. The van der Waals surface area contributed by atoms with Gasteiger partial charge in [-0.1, -0.05) is 0 Å². The Hall–Kier alpha value is -2.31. The van der Waals surface area contributed by atoms with Gasteiger partial charge in [0.1, 0.15) is 12.3 Å². The predicted octanol–water partition coefficient (Wildman–Crippen LogP) is 0.622. The summed E-state index contributed by atoms with van der Waals surface area (Å²) in [4.78, 5) is 34.7. The number of carbonyl (C=O) groups is 2. The highest BCUT2D eigenvalue weighted by atomic mass is 16.4. The first-order valence-electron chi connectivity index (χ1n) is 7.29. The fourth-order valence-corrected chi connectivity index (χ4v) is 2.82. The Kier molecular flexibility index (Phi) is 4.85. The van der Waals surface area contributed by atoms with Gasteiger partial charge in [-0.25, -0.2) is 0 Å². The number of aryl methyl sites for hydroxylation is 1. The van der Waals surface area contributed by atoms with Crippen molar-refractivity contribution in [2.24, 2.45) is 5.92 Å². The van der Waals surface area contributed by atoms with Crippen LogP contribution in [-0.4, -0.2) is 32.7 Å². The zero-order valence-corrected chi connectivity index (χ0v) is 12.4. The van der Waals surface area contributed by atoms with E-state index >= 15 is 0 Å². The summed E-state index contributed by atoms with van der Waals surface area (Å²) in [7, 11) is 0. The molecular weight excluding hydrogens is 288 g/mol.